The number of hydrogen-bond donors (Lipinski definition) is 1. The monoisotopic (exact) mass is 315 g/mol. The summed E-state index contributed by atoms with van der Waals surface area (Å²) < 4.78 is 23.8. The molecule has 20 heavy (non-hydrogen) atoms. The first-order valence-corrected chi connectivity index (χ1v) is 9.29. The number of hydrogen-bond acceptors (Lipinski definition) is 5. The fourth-order valence-electron chi connectivity index (χ4n) is 2.34. The summed E-state index contributed by atoms with van der Waals surface area (Å²) in [6.07, 6.45) is 0. The lowest BCUT2D eigenvalue weighted by atomic mass is 10.2. The highest BCUT2D eigenvalue weighted by atomic mass is 32.2. The summed E-state index contributed by atoms with van der Waals surface area (Å²) in [6.45, 7) is 8.55. The summed E-state index contributed by atoms with van der Waals surface area (Å²) in [4.78, 5) is 1.16. The van der Waals surface area contributed by atoms with Crippen LogP contribution in [0, 0.1) is 0 Å². The van der Waals surface area contributed by atoms with Gasteiger partial charge in [-0.15, -0.1) is 11.8 Å². The highest BCUT2D eigenvalue weighted by Gasteiger charge is 2.49. The Morgan fingerprint density at radius 1 is 1.25 bits per heavy atom. The van der Waals surface area contributed by atoms with E-state index >= 15 is 0 Å². The van der Waals surface area contributed by atoms with Gasteiger partial charge in [0.15, 0.2) is 0 Å². The van der Waals surface area contributed by atoms with Crippen LogP contribution in [-0.2, 0) is 13.6 Å². The second-order valence-corrected chi connectivity index (χ2v) is 8.93. The van der Waals surface area contributed by atoms with E-state index in [0.29, 0.717) is 13.2 Å². The molecule has 1 aromatic rings. The van der Waals surface area contributed by atoms with Gasteiger partial charge >= 0.3 is 7.60 Å². The van der Waals surface area contributed by atoms with Gasteiger partial charge in [0.1, 0.15) is 5.78 Å². The maximum atomic E-state index is 13.1. The lowest BCUT2D eigenvalue weighted by molar-refractivity contribution is 0.210. The Balaban J connectivity index is 2.38. The maximum Gasteiger partial charge on any atom is 0.354 e. The van der Waals surface area contributed by atoms with Crippen LogP contribution in [0.15, 0.2) is 29.2 Å². The minimum absolute atomic E-state index is 0.284. The lowest BCUT2D eigenvalue weighted by Gasteiger charge is -2.42. The minimum Gasteiger partial charge on any atom is -0.370 e. The van der Waals surface area contributed by atoms with Gasteiger partial charge in [0.05, 0.1) is 13.2 Å². The summed E-state index contributed by atoms with van der Waals surface area (Å²) in [6, 6.07) is 8.03. The van der Waals surface area contributed by atoms with Crippen molar-refractivity contribution in [2.45, 2.75) is 43.1 Å². The summed E-state index contributed by atoms with van der Waals surface area (Å²) in [5.74, 6) is -0.366. The molecule has 0 aromatic heterocycles. The molecule has 0 amide bonds. The summed E-state index contributed by atoms with van der Waals surface area (Å²) in [5, 5.41) is 3.36. The van der Waals surface area contributed by atoms with Gasteiger partial charge in [-0.2, -0.15) is 0 Å². The number of benzene rings is 1. The van der Waals surface area contributed by atoms with Crippen molar-refractivity contribution in [2.75, 3.05) is 18.5 Å². The SMILES string of the molecule is CCOP(=O)(OCC)[C@@H]1Nc2ccccc2SC1(C)C. The molecule has 0 fully saturated rings. The Hall–Kier alpha value is -0.480. The normalized spacial score (nSPS) is 21.1. The van der Waals surface area contributed by atoms with E-state index in [-0.39, 0.29) is 10.5 Å². The first-order chi connectivity index (χ1) is 9.43. The van der Waals surface area contributed by atoms with Crippen molar-refractivity contribution < 1.29 is 13.6 Å². The van der Waals surface area contributed by atoms with Crippen LogP contribution in [0.4, 0.5) is 5.69 Å². The number of nitrogens with one attached hydrogen (secondary N) is 1. The van der Waals surface area contributed by atoms with Gasteiger partial charge < -0.3 is 14.4 Å². The van der Waals surface area contributed by atoms with Gasteiger partial charge in [0.2, 0.25) is 0 Å². The summed E-state index contributed by atoms with van der Waals surface area (Å²) >= 11 is 1.71. The standard InChI is InChI=1S/C14H22NO3PS/c1-5-17-19(16,18-6-2)13-14(3,4)20-12-10-8-7-9-11(12)15-13/h7-10,13,15H,5-6H2,1-4H3/t13-/m0/s1. The predicted octanol–water partition coefficient (Wildman–Crippen LogP) is 4.58. The van der Waals surface area contributed by atoms with Gasteiger partial charge in [0.25, 0.3) is 0 Å². The molecule has 0 unspecified atom stereocenters. The number of thioether (sulfide) groups is 1. The van der Waals surface area contributed by atoms with Crippen LogP contribution in [0.1, 0.15) is 27.7 Å². The van der Waals surface area contributed by atoms with Crippen molar-refractivity contribution >= 4 is 25.0 Å². The molecular weight excluding hydrogens is 293 g/mol. The summed E-state index contributed by atoms with van der Waals surface area (Å²) in [5.41, 5.74) is 0.987. The second-order valence-electron chi connectivity index (χ2n) is 5.12. The molecule has 0 radical (unpaired) electrons. The van der Waals surface area contributed by atoms with Crippen LogP contribution < -0.4 is 5.32 Å². The molecule has 1 aromatic carbocycles. The molecule has 0 spiro atoms. The van der Waals surface area contributed by atoms with E-state index in [2.05, 4.69) is 25.2 Å². The zero-order chi connectivity index (χ0) is 14.8. The van der Waals surface area contributed by atoms with E-state index in [9.17, 15) is 4.57 Å². The first kappa shape index (κ1) is 15.9. The fourth-order valence-corrected chi connectivity index (χ4v) is 6.16. The zero-order valence-electron chi connectivity index (χ0n) is 12.4. The van der Waals surface area contributed by atoms with Gasteiger partial charge in [-0.25, -0.2) is 0 Å². The lowest BCUT2D eigenvalue weighted by Crippen LogP contribution is -2.42. The number of fused-ring (bicyclic) bond motifs is 1. The van der Waals surface area contributed by atoms with Crippen LogP contribution in [0.5, 0.6) is 0 Å². The van der Waals surface area contributed by atoms with Gasteiger partial charge in [0, 0.05) is 15.3 Å². The van der Waals surface area contributed by atoms with E-state index in [4.69, 9.17) is 9.05 Å². The van der Waals surface area contributed by atoms with Crippen molar-refractivity contribution in [1.29, 1.82) is 0 Å². The Bertz CT molecular complexity index is 511. The van der Waals surface area contributed by atoms with Crippen LogP contribution in [0.2, 0.25) is 0 Å². The highest BCUT2D eigenvalue weighted by molar-refractivity contribution is 8.01. The molecule has 0 aliphatic carbocycles. The third-order valence-electron chi connectivity index (χ3n) is 3.15. The maximum absolute atomic E-state index is 13.1. The molecule has 2 rings (SSSR count). The molecule has 1 aliphatic heterocycles. The Kier molecular flexibility index (Phi) is 4.85. The molecule has 0 bridgehead atoms. The fraction of sp³-hybridized carbons (Fsp3) is 0.571. The van der Waals surface area contributed by atoms with E-state index < -0.39 is 7.60 Å². The molecule has 6 heteroatoms. The van der Waals surface area contributed by atoms with E-state index in [1.165, 1.54) is 0 Å². The van der Waals surface area contributed by atoms with Gasteiger partial charge in [-0.3, -0.25) is 4.57 Å². The third kappa shape index (κ3) is 3.06. The van der Waals surface area contributed by atoms with Crippen molar-refractivity contribution in [3.8, 4) is 0 Å². The number of rotatable bonds is 5. The second kappa shape index (κ2) is 6.10. The average Bonchev–Trinajstić information content (AvgIpc) is 2.37. The molecule has 0 saturated heterocycles. The molecule has 1 heterocycles. The molecule has 1 atom stereocenters. The topological polar surface area (TPSA) is 47.6 Å². The number of anilines is 1. The van der Waals surface area contributed by atoms with E-state index in [1.807, 2.05) is 32.0 Å². The molecule has 112 valence electrons. The smallest absolute Gasteiger partial charge is 0.354 e. The minimum atomic E-state index is -3.20. The van der Waals surface area contributed by atoms with Gasteiger partial charge in [-0.1, -0.05) is 12.1 Å². The average molecular weight is 315 g/mol. The van der Waals surface area contributed by atoms with Crippen molar-refractivity contribution in [3.63, 3.8) is 0 Å². The highest BCUT2D eigenvalue weighted by Crippen LogP contribution is 2.62. The first-order valence-electron chi connectivity index (χ1n) is 6.86. The molecule has 1 aliphatic rings. The van der Waals surface area contributed by atoms with Crippen LogP contribution >= 0.6 is 19.4 Å². The largest absolute Gasteiger partial charge is 0.370 e. The van der Waals surface area contributed by atoms with E-state index in [1.54, 1.807) is 11.8 Å². The van der Waals surface area contributed by atoms with Crippen LogP contribution in [-0.4, -0.2) is 23.7 Å². The van der Waals surface area contributed by atoms with E-state index in [0.717, 1.165) is 10.6 Å². The Morgan fingerprint density at radius 2 is 1.85 bits per heavy atom. The van der Waals surface area contributed by atoms with Gasteiger partial charge in [-0.05, 0) is 39.8 Å². The summed E-state index contributed by atoms with van der Waals surface area (Å²) in [7, 11) is -3.20. The quantitative estimate of drug-likeness (QED) is 0.806. The van der Waals surface area contributed by atoms with Crippen LogP contribution in [0.3, 0.4) is 0 Å². The molecular formula is C14H22NO3PS. The van der Waals surface area contributed by atoms with Crippen molar-refractivity contribution in [3.05, 3.63) is 24.3 Å². The van der Waals surface area contributed by atoms with Crippen molar-refractivity contribution in [2.24, 2.45) is 0 Å². The Morgan fingerprint density at radius 3 is 2.45 bits per heavy atom. The Labute approximate surface area is 125 Å². The zero-order valence-corrected chi connectivity index (χ0v) is 14.1. The molecule has 4 nitrogen and oxygen atoms in total. The van der Waals surface area contributed by atoms with Crippen molar-refractivity contribution in [1.82, 2.24) is 0 Å². The predicted molar refractivity (Wildman–Crippen MR) is 84.6 cm³/mol. The number of para-hydroxylation sites is 1. The van der Waals surface area contributed by atoms with Crippen LogP contribution in [0.25, 0.3) is 0 Å². The molecule has 0 saturated carbocycles. The third-order valence-corrected chi connectivity index (χ3v) is 7.30. The molecule has 1 N–H and O–H groups in total.